The molecule has 0 amide bonds. The van der Waals surface area contributed by atoms with E-state index in [1.807, 2.05) is 0 Å². The third kappa shape index (κ3) is 53.8. The van der Waals surface area contributed by atoms with E-state index in [1.165, 1.54) is 0 Å². The van der Waals surface area contributed by atoms with Gasteiger partial charge in [0.05, 0.1) is 0 Å². The fourth-order valence-electron chi connectivity index (χ4n) is 2.22. The van der Waals surface area contributed by atoms with Gasteiger partial charge < -0.3 is 29.5 Å². The van der Waals surface area contributed by atoms with Gasteiger partial charge in [-0.25, -0.2) is 0 Å². The largest absolute Gasteiger partial charge is 0.396 e. The first-order valence-corrected chi connectivity index (χ1v) is 12.3. The van der Waals surface area contributed by atoms with Gasteiger partial charge in [0.1, 0.15) is 0 Å². The van der Waals surface area contributed by atoms with Crippen LogP contribution in [-0.4, -0.2) is 74.8 Å². The predicted octanol–water partition coefficient (Wildman–Crippen LogP) is 4.72. The Morgan fingerprint density at radius 2 is 0.645 bits per heavy atom. The molecule has 3 N–H and O–H groups in total. The molecule has 0 atom stereocenters. The van der Waals surface area contributed by atoms with E-state index in [9.17, 15) is 0 Å². The van der Waals surface area contributed by atoms with Crippen LogP contribution >= 0.6 is 0 Å². The third-order valence-electron chi connectivity index (χ3n) is 3.89. The van der Waals surface area contributed by atoms with Crippen LogP contribution in [0.1, 0.15) is 97.8 Å². The summed E-state index contributed by atoms with van der Waals surface area (Å²) in [5, 5.41) is 25.3. The third-order valence-corrected chi connectivity index (χ3v) is 3.89. The molecule has 0 aromatic carbocycles. The summed E-state index contributed by atoms with van der Waals surface area (Å²) in [6, 6.07) is 0. The van der Waals surface area contributed by atoms with Gasteiger partial charge in [-0.15, -0.1) is 0 Å². The quantitative estimate of drug-likeness (QED) is 0.187. The number of ether oxygens (including phenoxy) is 3. The Balaban J connectivity index is -0.000000174. The Kier molecular flexibility index (Phi) is 56.2. The minimum absolute atomic E-state index is 0. The minimum Gasteiger partial charge on any atom is -0.396 e. The van der Waals surface area contributed by atoms with E-state index in [1.54, 1.807) is 0 Å². The number of hydrogen-bond acceptors (Lipinski definition) is 6. The number of hydrogen-bond donors (Lipinski definition) is 3. The Hall–Kier alpha value is 0.864. The van der Waals surface area contributed by atoms with Crippen LogP contribution in [0.3, 0.4) is 0 Å². The van der Waals surface area contributed by atoms with Gasteiger partial charge in [-0.1, -0.05) is 20.8 Å². The van der Waals surface area contributed by atoms with Gasteiger partial charge in [0.2, 0.25) is 0 Å². The van der Waals surface area contributed by atoms with E-state index in [4.69, 9.17) is 29.5 Å². The monoisotopic (exact) mass is 527 g/mol. The van der Waals surface area contributed by atoms with Crippen LogP contribution in [0.2, 0.25) is 0 Å². The zero-order chi connectivity index (χ0) is 23.0. The molecular weight excluding hydrogens is 473 g/mol. The molecule has 0 saturated carbocycles. The van der Waals surface area contributed by atoms with Gasteiger partial charge >= 0.3 is 0 Å². The minimum atomic E-state index is 0. The summed E-state index contributed by atoms with van der Waals surface area (Å²) in [4.78, 5) is 0. The van der Waals surface area contributed by atoms with Crippen molar-refractivity contribution in [1.82, 2.24) is 0 Å². The fraction of sp³-hybridized carbons (Fsp3) is 1.00. The Morgan fingerprint density at radius 3 is 0.839 bits per heavy atom. The predicted molar refractivity (Wildman–Crippen MR) is 126 cm³/mol. The molecule has 6 nitrogen and oxygen atoms in total. The fourth-order valence-corrected chi connectivity index (χ4v) is 2.22. The van der Waals surface area contributed by atoms with E-state index in [0.717, 1.165) is 117 Å². The van der Waals surface area contributed by atoms with Crippen molar-refractivity contribution in [3.8, 4) is 0 Å². The molecule has 31 heavy (non-hydrogen) atoms. The first-order valence-electron chi connectivity index (χ1n) is 12.3. The van der Waals surface area contributed by atoms with Gasteiger partial charge in [0.15, 0.2) is 0 Å². The first kappa shape index (κ1) is 39.1. The van der Waals surface area contributed by atoms with Crippen molar-refractivity contribution in [1.29, 1.82) is 0 Å². The number of aliphatic hydroxyl groups is 3. The summed E-state index contributed by atoms with van der Waals surface area (Å²) in [7, 11) is 0. The second-order valence-corrected chi connectivity index (χ2v) is 7.19. The average Bonchev–Trinajstić information content (AvgIpc) is 2.77. The van der Waals surface area contributed by atoms with Crippen molar-refractivity contribution in [2.24, 2.45) is 0 Å². The van der Waals surface area contributed by atoms with Gasteiger partial charge in [0, 0.05) is 92.2 Å². The summed E-state index contributed by atoms with van der Waals surface area (Å²) in [6.07, 6.45) is 12.5. The van der Waals surface area contributed by atoms with Gasteiger partial charge in [-0.05, 0) is 77.0 Å². The van der Waals surface area contributed by atoms with E-state index in [0.29, 0.717) is 19.8 Å². The molecule has 0 aromatic heterocycles. The maximum Gasteiger partial charge on any atom is 0.0466 e. The van der Waals surface area contributed by atoms with Gasteiger partial charge in [-0.3, -0.25) is 0 Å². The van der Waals surface area contributed by atoms with Crippen LogP contribution in [0.4, 0.5) is 0 Å². The molecule has 0 aliphatic rings. The molecule has 0 rings (SSSR count). The van der Waals surface area contributed by atoms with E-state index < -0.39 is 0 Å². The van der Waals surface area contributed by atoms with E-state index >= 15 is 0 Å². The molecule has 0 aliphatic carbocycles. The standard InChI is InChI=1S/3C8H18O2.Y/c3*1-2-7-10-8-5-3-4-6-9;/h3*9H,2-8H2,1H3;. The van der Waals surface area contributed by atoms with Crippen molar-refractivity contribution in [2.75, 3.05) is 59.5 Å². The molecule has 7 heteroatoms. The molecule has 1 radical (unpaired) electrons. The van der Waals surface area contributed by atoms with Crippen molar-refractivity contribution in [3.05, 3.63) is 0 Å². The molecule has 0 aliphatic heterocycles. The summed E-state index contributed by atoms with van der Waals surface area (Å²) < 4.78 is 15.7. The number of unbranched alkanes of at least 4 members (excludes halogenated alkanes) is 6. The van der Waals surface area contributed by atoms with Crippen LogP contribution < -0.4 is 0 Å². The van der Waals surface area contributed by atoms with E-state index in [2.05, 4.69) is 20.8 Å². The number of aliphatic hydroxyl groups excluding tert-OH is 3. The maximum absolute atomic E-state index is 8.43. The van der Waals surface area contributed by atoms with Crippen LogP contribution in [0.25, 0.3) is 0 Å². The van der Waals surface area contributed by atoms with Crippen LogP contribution in [0.5, 0.6) is 0 Å². The Morgan fingerprint density at radius 1 is 0.387 bits per heavy atom. The molecular formula is C24H54O6Y. The van der Waals surface area contributed by atoms with Crippen molar-refractivity contribution < 1.29 is 62.2 Å². The second-order valence-electron chi connectivity index (χ2n) is 7.19. The SMILES string of the molecule is CCCOCCCCCO.CCCOCCCCCO.CCCOCCCCCO.[Y]. The number of rotatable bonds is 21. The second kappa shape index (κ2) is 44.5. The Labute approximate surface area is 218 Å². The van der Waals surface area contributed by atoms with Crippen LogP contribution in [0, 0.1) is 0 Å². The van der Waals surface area contributed by atoms with Crippen LogP contribution in [-0.2, 0) is 46.9 Å². The first-order chi connectivity index (χ1) is 14.7. The average molecular weight is 528 g/mol. The maximum atomic E-state index is 8.43. The van der Waals surface area contributed by atoms with Crippen LogP contribution in [0.15, 0.2) is 0 Å². The molecule has 0 fully saturated rings. The molecule has 0 saturated heterocycles. The van der Waals surface area contributed by atoms with Crippen molar-refractivity contribution >= 4 is 0 Å². The molecule has 0 bridgehead atoms. The van der Waals surface area contributed by atoms with Crippen molar-refractivity contribution in [2.45, 2.75) is 97.8 Å². The molecule has 0 unspecified atom stereocenters. The van der Waals surface area contributed by atoms with Crippen molar-refractivity contribution in [3.63, 3.8) is 0 Å². The zero-order valence-electron chi connectivity index (χ0n) is 21.0. The normalized spacial score (nSPS) is 9.87. The topological polar surface area (TPSA) is 88.4 Å². The van der Waals surface area contributed by atoms with E-state index in [-0.39, 0.29) is 32.7 Å². The Bertz CT molecular complexity index is 186. The molecule has 0 spiro atoms. The summed E-state index contributed by atoms with van der Waals surface area (Å²) >= 11 is 0. The smallest absolute Gasteiger partial charge is 0.0466 e. The summed E-state index contributed by atoms with van der Waals surface area (Å²) in [5.41, 5.74) is 0. The molecule has 0 heterocycles. The molecule has 189 valence electrons. The van der Waals surface area contributed by atoms with Gasteiger partial charge in [-0.2, -0.15) is 0 Å². The summed E-state index contributed by atoms with van der Waals surface area (Å²) in [6.45, 7) is 12.4. The summed E-state index contributed by atoms with van der Waals surface area (Å²) in [5.74, 6) is 0. The molecule has 0 aromatic rings. The zero-order valence-corrected chi connectivity index (χ0v) is 23.8. The van der Waals surface area contributed by atoms with Gasteiger partial charge in [0.25, 0.3) is 0 Å².